The lowest BCUT2D eigenvalue weighted by Gasteiger charge is -2.28. The van der Waals surface area contributed by atoms with Crippen LogP contribution in [0, 0.1) is 0 Å². The number of fused-ring (bicyclic) bond motifs is 1. The van der Waals surface area contributed by atoms with Crippen molar-refractivity contribution in [2.75, 3.05) is 0 Å². The summed E-state index contributed by atoms with van der Waals surface area (Å²) in [7, 11) is 0. The van der Waals surface area contributed by atoms with Gasteiger partial charge in [0.2, 0.25) is 5.72 Å². The van der Waals surface area contributed by atoms with Gasteiger partial charge in [-0.1, -0.05) is 0 Å². The van der Waals surface area contributed by atoms with E-state index in [9.17, 15) is 9.59 Å². The van der Waals surface area contributed by atoms with Gasteiger partial charge < -0.3 is 14.8 Å². The Kier molecular flexibility index (Phi) is 4.19. The van der Waals surface area contributed by atoms with Crippen molar-refractivity contribution in [3.63, 3.8) is 0 Å². The highest BCUT2D eigenvalue weighted by molar-refractivity contribution is 5.91. The number of carboxylic acids is 1. The van der Waals surface area contributed by atoms with Crippen molar-refractivity contribution in [2.45, 2.75) is 31.4 Å². The average Bonchev–Trinajstić information content (AvgIpc) is 3.39. The first-order chi connectivity index (χ1) is 13.1. The maximum absolute atomic E-state index is 12.1. The summed E-state index contributed by atoms with van der Waals surface area (Å²) in [6.45, 7) is 0. The molecule has 2 N–H and O–H groups in total. The highest BCUT2D eigenvalue weighted by Gasteiger charge is 2.40. The summed E-state index contributed by atoms with van der Waals surface area (Å²) in [4.78, 5) is 34.2. The number of carboxylic acid groups (broad SMARTS) is 1. The molecule has 1 aliphatic rings. The quantitative estimate of drug-likeness (QED) is 0.523. The van der Waals surface area contributed by atoms with Crippen molar-refractivity contribution in [1.82, 2.24) is 24.7 Å². The molecular formula is C18H17N5O4. The molecule has 27 heavy (non-hydrogen) atoms. The summed E-state index contributed by atoms with van der Waals surface area (Å²) < 4.78 is 7.27. The van der Waals surface area contributed by atoms with E-state index >= 15 is 0 Å². The fraction of sp³-hybridized carbons (Fsp3) is 0.278. The topological polar surface area (TPSA) is 123 Å². The normalized spacial score (nSPS) is 16.1. The van der Waals surface area contributed by atoms with Crippen LogP contribution in [0.25, 0.3) is 22.3 Å². The number of H-pyrrole nitrogens is 1. The zero-order chi connectivity index (χ0) is 18.9. The molecule has 0 aromatic carbocycles. The van der Waals surface area contributed by atoms with Gasteiger partial charge in [0.15, 0.2) is 0 Å². The van der Waals surface area contributed by atoms with E-state index in [1.165, 1.54) is 6.33 Å². The smallest absolute Gasteiger partial charge is 0.333 e. The monoisotopic (exact) mass is 367 g/mol. The maximum atomic E-state index is 12.1. The number of aliphatic carboxylic acids is 1. The van der Waals surface area contributed by atoms with Crippen LogP contribution in [0.4, 0.5) is 0 Å². The second-order valence-corrected chi connectivity index (χ2v) is 6.38. The van der Waals surface area contributed by atoms with Gasteiger partial charge in [0.1, 0.15) is 12.0 Å². The molecule has 1 saturated carbocycles. The van der Waals surface area contributed by atoms with Crippen LogP contribution < -0.4 is 0 Å². The van der Waals surface area contributed by atoms with E-state index in [0.29, 0.717) is 12.8 Å². The third-order valence-electron chi connectivity index (χ3n) is 4.66. The number of carbonyl (C=O) groups is 2. The minimum atomic E-state index is -1.20. The molecule has 4 rings (SSSR count). The highest BCUT2D eigenvalue weighted by Crippen LogP contribution is 2.38. The zero-order valence-electron chi connectivity index (χ0n) is 14.3. The van der Waals surface area contributed by atoms with Gasteiger partial charge >= 0.3 is 11.9 Å². The fourth-order valence-corrected chi connectivity index (χ4v) is 3.44. The number of nitrogens with one attached hydrogen (secondary N) is 1. The van der Waals surface area contributed by atoms with Gasteiger partial charge in [0.25, 0.3) is 0 Å². The first-order valence-electron chi connectivity index (χ1n) is 8.55. The van der Waals surface area contributed by atoms with Gasteiger partial charge in [-0.25, -0.2) is 24.2 Å². The Morgan fingerprint density at radius 3 is 2.85 bits per heavy atom. The maximum Gasteiger partial charge on any atom is 0.333 e. The Morgan fingerprint density at radius 2 is 2.07 bits per heavy atom. The Bertz CT molecular complexity index is 1030. The number of esters is 1. The number of carbonyl (C=O) groups excluding carboxylic acids is 1. The molecule has 0 bridgehead atoms. The fourth-order valence-electron chi connectivity index (χ4n) is 3.44. The van der Waals surface area contributed by atoms with Crippen molar-refractivity contribution in [2.24, 2.45) is 0 Å². The SMILES string of the molecule is O=C(O)/C=C\C(=O)OC1(n2cc(-c3ncnc4[nH]ccc34)cn2)CCCC1. The number of aromatic nitrogens is 5. The van der Waals surface area contributed by atoms with E-state index in [-0.39, 0.29) is 0 Å². The summed E-state index contributed by atoms with van der Waals surface area (Å²) in [5.74, 6) is -1.90. The van der Waals surface area contributed by atoms with Crippen molar-refractivity contribution in [1.29, 1.82) is 0 Å². The molecule has 0 radical (unpaired) electrons. The van der Waals surface area contributed by atoms with Gasteiger partial charge in [-0.2, -0.15) is 5.10 Å². The molecule has 1 fully saturated rings. The molecule has 3 aromatic heterocycles. The van der Waals surface area contributed by atoms with Crippen LogP contribution in [0.1, 0.15) is 25.7 Å². The predicted octanol–water partition coefficient (Wildman–Crippen LogP) is 2.23. The van der Waals surface area contributed by atoms with E-state index in [1.807, 2.05) is 6.07 Å². The van der Waals surface area contributed by atoms with E-state index in [1.54, 1.807) is 23.3 Å². The molecule has 138 valence electrons. The Hall–Kier alpha value is -3.49. The van der Waals surface area contributed by atoms with Gasteiger partial charge in [-0.15, -0.1) is 0 Å². The molecule has 0 spiro atoms. The first-order valence-corrected chi connectivity index (χ1v) is 8.55. The molecule has 0 atom stereocenters. The lowest BCUT2D eigenvalue weighted by molar-refractivity contribution is -0.167. The van der Waals surface area contributed by atoms with Crippen molar-refractivity contribution >= 4 is 23.0 Å². The van der Waals surface area contributed by atoms with Gasteiger partial charge in [0, 0.05) is 48.3 Å². The largest absolute Gasteiger partial charge is 0.478 e. The Labute approximate surface area is 153 Å². The van der Waals surface area contributed by atoms with Crippen LogP contribution in [-0.4, -0.2) is 41.8 Å². The number of aromatic amines is 1. The molecule has 3 heterocycles. The number of nitrogens with zero attached hydrogens (tertiary/aromatic N) is 4. The van der Waals surface area contributed by atoms with Crippen molar-refractivity contribution < 1.29 is 19.4 Å². The first kappa shape index (κ1) is 17.0. The standard InChI is InChI=1S/C18H17N5O4/c24-14(25)3-4-15(26)27-18(6-1-2-7-18)23-10-12(9-22-23)16-13-5-8-19-17(13)21-11-20-16/h3-5,8-11H,1-2,6-7H2,(H,24,25)(H,19,20,21)/b4-3-. The Morgan fingerprint density at radius 1 is 1.26 bits per heavy atom. The molecular weight excluding hydrogens is 350 g/mol. The summed E-state index contributed by atoms with van der Waals surface area (Å²) in [5.41, 5.74) is 1.33. The van der Waals surface area contributed by atoms with Crippen LogP contribution in [0.3, 0.4) is 0 Å². The summed E-state index contributed by atoms with van der Waals surface area (Å²) in [5, 5.41) is 14.0. The van der Waals surface area contributed by atoms with Crippen molar-refractivity contribution in [3.8, 4) is 11.3 Å². The highest BCUT2D eigenvalue weighted by atomic mass is 16.6. The summed E-state index contributed by atoms with van der Waals surface area (Å²) in [6.07, 6.45) is 11.4. The summed E-state index contributed by atoms with van der Waals surface area (Å²) in [6, 6.07) is 1.89. The molecule has 9 heteroatoms. The number of hydrogen-bond donors (Lipinski definition) is 2. The van der Waals surface area contributed by atoms with Gasteiger partial charge in [0.05, 0.1) is 11.9 Å². The van der Waals surface area contributed by atoms with Crippen LogP contribution in [0.5, 0.6) is 0 Å². The molecule has 0 unspecified atom stereocenters. The second-order valence-electron chi connectivity index (χ2n) is 6.38. The summed E-state index contributed by atoms with van der Waals surface area (Å²) >= 11 is 0. The molecule has 0 amide bonds. The molecule has 0 aliphatic heterocycles. The third-order valence-corrected chi connectivity index (χ3v) is 4.66. The molecule has 0 saturated heterocycles. The van der Waals surface area contributed by atoms with Gasteiger partial charge in [-0.3, -0.25) is 0 Å². The van der Waals surface area contributed by atoms with Crippen molar-refractivity contribution in [3.05, 3.63) is 43.1 Å². The number of rotatable bonds is 5. The molecule has 1 aliphatic carbocycles. The van der Waals surface area contributed by atoms with E-state index in [2.05, 4.69) is 20.1 Å². The van der Waals surface area contributed by atoms with E-state index in [0.717, 1.165) is 47.3 Å². The van der Waals surface area contributed by atoms with E-state index in [4.69, 9.17) is 9.84 Å². The Balaban J connectivity index is 1.66. The zero-order valence-corrected chi connectivity index (χ0v) is 14.3. The van der Waals surface area contributed by atoms with Crippen LogP contribution in [-0.2, 0) is 20.1 Å². The predicted molar refractivity (Wildman–Crippen MR) is 94.4 cm³/mol. The minimum absolute atomic E-state index is 0.615. The van der Waals surface area contributed by atoms with E-state index < -0.39 is 17.7 Å². The van der Waals surface area contributed by atoms with Crippen LogP contribution in [0.15, 0.2) is 43.1 Å². The molecule has 3 aromatic rings. The third kappa shape index (κ3) is 3.19. The van der Waals surface area contributed by atoms with Crippen LogP contribution in [0.2, 0.25) is 0 Å². The average molecular weight is 367 g/mol. The lowest BCUT2D eigenvalue weighted by atomic mass is 10.1. The van der Waals surface area contributed by atoms with Crippen LogP contribution >= 0.6 is 0 Å². The van der Waals surface area contributed by atoms with Gasteiger partial charge in [-0.05, 0) is 18.9 Å². The minimum Gasteiger partial charge on any atom is -0.478 e. The second kappa shape index (κ2) is 6.67. The number of hydrogen-bond acceptors (Lipinski definition) is 6. The lowest BCUT2D eigenvalue weighted by Crippen LogP contribution is -2.36. The molecule has 9 nitrogen and oxygen atoms in total. The number of ether oxygens (including phenoxy) is 1.